The Balaban J connectivity index is 2.37. The third kappa shape index (κ3) is 4.57. The van der Waals surface area contributed by atoms with E-state index in [0.717, 1.165) is 32.1 Å². The molecule has 2 rings (SSSR count). The zero-order chi connectivity index (χ0) is 21.5. The van der Waals surface area contributed by atoms with Gasteiger partial charge in [0.1, 0.15) is 5.78 Å². The van der Waals surface area contributed by atoms with E-state index in [-0.39, 0.29) is 44.5 Å². The molecule has 166 valence electrons. The van der Waals surface area contributed by atoms with E-state index < -0.39 is 35.2 Å². The summed E-state index contributed by atoms with van der Waals surface area (Å²) >= 11 is 0. The number of hydrogen-bond acceptors (Lipinski definition) is 4. The van der Waals surface area contributed by atoms with E-state index in [4.69, 9.17) is 4.74 Å². The first-order valence-electron chi connectivity index (χ1n) is 11.2. The number of rotatable bonds is 9. The first-order valence-corrected chi connectivity index (χ1v) is 11.2. The number of carbonyl (C=O) groups is 2. The number of allylic oxidation sites excluding steroid dienone is 2. The maximum Gasteiger partial charge on any atom is 0.344 e. The number of halogens is 2. The highest BCUT2D eigenvalue weighted by Gasteiger charge is 2.72. The number of ketones is 1. The van der Waals surface area contributed by atoms with E-state index in [0.29, 0.717) is 6.42 Å². The predicted octanol–water partition coefficient (Wildman–Crippen LogP) is 5.37. The second-order valence-corrected chi connectivity index (χ2v) is 8.59. The number of unbranched alkanes of at least 4 members (excludes halogenated alkanes) is 5. The molecule has 0 radical (unpaired) electrons. The number of hydrogen-bond donors (Lipinski definition) is 1. The lowest BCUT2D eigenvalue weighted by molar-refractivity contribution is -0.262. The van der Waals surface area contributed by atoms with Crippen LogP contribution >= 0.6 is 0 Å². The van der Waals surface area contributed by atoms with Crippen LogP contribution < -0.4 is 0 Å². The quantitative estimate of drug-likeness (QED) is 0.313. The van der Waals surface area contributed by atoms with Crippen molar-refractivity contribution >= 4 is 11.8 Å². The smallest absolute Gasteiger partial charge is 0.344 e. The molecule has 0 aromatic heterocycles. The van der Waals surface area contributed by atoms with Crippen LogP contribution in [0.25, 0.3) is 0 Å². The number of Topliss-reactive ketones (excluding diaryl/α,β-unsaturated/α-hetero) is 1. The van der Waals surface area contributed by atoms with Crippen LogP contribution in [0.5, 0.6) is 0 Å². The molecule has 0 amide bonds. The molecule has 3 atom stereocenters. The number of fused-ring (bicyclic) bond motifs is 1. The van der Waals surface area contributed by atoms with Gasteiger partial charge in [0.2, 0.25) is 5.60 Å². The molecule has 0 heterocycles. The van der Waals surface area contributed by atoms with E-state index in [1.165, 1.54) is 6.92 Å². The van der Waals surface area contributed by atoms with Crippen LogP contribution in [0.1, 0.15) is 90.9 Å². The molecule has 29 heavy (non-hydrogen) atoms. The first kappa shape index (κ1) is 24.0. The van der Waals surface area contributed by atoms with Gasteiger partial charge in [-0.05, 0) is 39.0 Å². The zero-order valence-corrected chi connectivity index (χ0v) is 17.9. The van der Waals surface area contributed by atoms with Crippen molar-refractivity contribution in [3.8, 4) is 0 Å². The molecule has 0 aliphatic heterocycles. The van der Waals surface area contributed by atoms with Gasteiger partial charge < -0.3 is 9.84 Å². The van der Waals surface area contributed by atoms with Crippen molar-refractivity contribution in [3.63, 3.8) is 0 Å². The third-order valence-corrected chi connectivity index (χ3v) is 6.82. The summed E-state index contributed by atoms with van der Waals surface area (Å²) in [7, 11) is 0. The van der Waals surface area contributed by atoms with Crippen molar-refractivity contribution in [1.29, 1.82) is 0 Å². The minimum atomic E-state index is -3.74. The second-order valence-electron chi connectivity index (χ2n) is 8.59. The molecule has 2 aliphatic carbocycles. The van der Waals surface area contributed by atoms with Crippen molar-refractivity contribution in [2.45, 2.75) is 102 Å². The molecule has 1 saturated carbocycles. The number of alkyl halides is 2. The Labute approximate surface area is 173 Å². The summed E-state index contributed by atoms with van der Waals surface area (Å²) in [5, 5.41) is 11.0. The summed E-state index contributed by atoms with van der Waals surface area (Å²) in [6.45, 7) is 3.57. The number of ether oxygens (including phenoxy) is 1. The molecular weight excluding hydrogens is 378 g/mol. The number of carbonyl (C=O) groups excluding carboxylic acids is 2. The lowest BCUT2D eigenvalue weighted by Crippen LogP contribution is -2.64. The molecule has 0 bridgehead atoms. The fourth-order valence-corrected chi connectivity index (χ4v) is 5.10. The molecule has 0 spiro atoms. The van der Waals surface area contributed by atoms with Crippen LogP contribution in [-0.2, 0) is 14.3 Å². The Hall–Kier alpha value is -1.30. The summed E-state index contributed by atoms with van der Waals surface area (Å²) in [6.07, 6.45) is 9.27. The SMILES string of the molecule is CCCCCCCC[C@@]12CCC(=O)[C@@H]1CC=CCC[C@](O)(C(=O)OCC)C2(F)F. The van der Waals surface area contributed by atoms with Gasteiger partial charge in [-0.1, -0.05) is 57.6 Å². The van der Waals surface area contributed by atoms with Crippen molar-refractivity contribution in [3.05, 3.63) is 12.2 Å². The molecular formula is C23H36F2O4. The van der Waals surface area contributed by atoms with Crippen LogP contribution in [0.3, 0.4) is 0 Å². The van der Waals surface area contributed by atoms with Gasteiger partial charge in [0.15, 0.2) is 0 Å². The van der Waals surface area contributed by atoms with Crippen molar-refractivity contribution in [2.75, 3.05) is 6.61 Å². The molecule has 0 aromatic rings. The van der Waals surface area contributed by atoms with Crippen LogP contribution in [0.2, 0.25) is 0 Å². The molecule has 0 unspecified atom stereocenters. The van der Waals surface area contributed by atoms with E-state index in [9.17, 15) is 14.7 Å². The molecule has 0 aromatic carbocycles. The lowest BCUT2D eigenvalue weighted by atomic mass is 9.62. The third-order valence-electron chi connectivity index (χ3n) is 6.82. The minimum absolute atomic E-state index is 0.00795. The average Bonchev–Trinajstić information content (AvgIpc) is 3.02. The number of esters is 1. The lowest BCUT2D eigenvalue weighted by Gasteiger charge is -2.47. The Morgan fingerprint density at radius 3 is 2.52 bits per heavy atom. The van der Waals surface area contributed by atoms with Crippen molar-refractivity contribution in [2.24, 2.45) is 11.3 Å². The van der Waals surface area contributed by atoms with E-state index in [2.05, 4.69) is 6.92 Å². The van der Waals surface area contributed by atoms with Gasteiger partial charge in [-0.25, -0.2) is 13.6 Å². The molecule has 0 saturated heterocycles. The fraction of sp³-hybridized carbons (Fsp3) is 0.826. The van der Waals surface area contributed by atoms with Crippen LogP contribution in [0.15, 0.2) is 12.2 Å². The predicted molar refractivity (Wildman–Crippen MR) is 108 cm³/mol. The van der Waals surface area contributed by atoms with E-state index in [1.54, 1.807) is 12.2 Å². The molecule has 4 nitrogen and oxygen atoms in total. The van der Waals surface area contributed by atoms with Gasteiger partial charge >= 0.3 is 5.97 Å². The zero-order valence-electron chi connectivity index (χ0n) is 17.9. The standard InChI is InChI=1S/C23H36F2O4/c1-3-5-6-7-8-11-15-21-17-14-19(26)18(21)13-10-9-12-16-22(28,23(21,24)25)20(27)29-4-2/h9-10,18,28H,3-8,11-17H2,1-2H3/t18-,21+,22-/m0/s1. The van der Waals surface area contributed by atoms with Gasteiger partial charge in [-0.15, -0.1) is 0 Å². The van der Waals surface area contributed by atoms with E-state index >= 15 is 8.78 Å². The van der Waals surface area contributed by atoms with Gasteiger partial charge in [-0.2, -0.15) is 0 Å². The Kier molecular flexibility index (Phi) is 8.38. The Morgan fingerprint density at radius 2 is 1.83 bits per heavy atom. The van der Waals surface area contributed by atoms with Crippen LogP contribution in [-0.4, -0.2) is 35.0 Å². The largest absolute Gasteiger partial charge is 0.464 e. The topological polar surface area (TPSA) is 63.6 Å². The average molecular weight is 415 g/mol. The maximum absolute atomic E-state index is 16.1. The van der Waals surface area contributed by atoms with Crippen molar-refractivity contribution in [1.82, 2.24) is 0 Å². The highest BCUT2D eigenvalue weighted by molar-refractivity contribution is 5.86. The molecule has 2 aliphatic rings. The summed E-state index contributed by atoms with van der Waals surface area (Å²) < 4.78 is 37.1. The van der Waals surface area contributed by atoms with Gasteiger partial charge in [-0.3, -0.25) is 4.79 Å². The second kappa shape index (κ2) is 10.1. The Bertz CT molecular complexity index is 604. The summed E-state index contributed by atoms with van der Waals surface area (Å²) in [6, 6.07) is 0. The summed E-state index contributed by atoms with van der Waals surface area (Å²) in [4.78, 5) is 25.1. The molecule has 1 fully saturated rings. The molecule has 6 heteroatoms. The van der Waals surface area contributed by atoms with Crippen LogP contribution in [0, 0.1) is 11.3 Å². The van der Waals surface area contributed by atoms with Gasteiger partial charge in [0, 0.05) is 17.8 Å². The number of aliphatic hydroxyl groups is 1. The first-order chi connectivity index (χ1) is 13.8. The summed E-state index contributed by atoms with van der Waals surface area (Å²) in [5.74, 6) is -6.07. The molecule has 1 N–H and O–H groups in total. The minimum Gasteiger partial charge on any atom is -0.464 e. The van der Waals surface area contributed by atoms with Gasteiger partial charge in [0.05, 0.1) is 6.61 Å². The Morgan fingerprint density at radius 1 is 1.14 bits per heavy atom. The van der Waals surface area contributed by atoms with E-state index in [1.807, 2.05) is 0 Å². The monoisotopic (exact) mass is 414 g/mol. The van der Waals surface area contributed by atoms with Crippen molar-refractivity contribution < 1.29 is 28.2 Å². The fourth-order valence-electron chi connectivity index (χ4n) is 5.10. The van der Waals surface area contributed by atoms with Gasteiger partial charge in [0.25, 0.3) is 5.92 Å². The maximum atomic E-state index is 16.1. The highest BCUT2D eigenvalue weighted by Crippen LogP contribution is 2.61. The normalized spacial score (nSPS) is 31.6. The van der Waals surface area contributed by atoms with Crippen LogP contribution in [0.4, 0.5) is 8.78 Å². The highest BCUT2D eigenvalue weighted by atomic mass is 19.3. The summed E-state index contributed by atoms with van der Waals surface area (Å²) in [5.41, 5.74) is -4.62.